The molecule has 2 aromatic rings. The van der Waals surface area contributed by atoms with E-state index in [0.717, 1.165) is 16.9 Å². The summed E-state index contributed by atoms with van der Waals surface area (Å²) in [7, 11) is 1.33. The van der Waals surface area contributed by atoms with Gasteiger partial charge in [0, 0.05) is 106 Å². The molecule has 25 heteroatoms. The minimum atomic E-state index is -0.882. The molecule has 3 aliphatic heterocycles. The fourth-order valence-electron chi connectivity index (χ4n) is 12.5. The number of carbonyl (C=O) groups is 11. The number of esters is 1. The van der Waals surface area contributed by atoms with Crippen LogP contribution in [0.15, 0.2) is 65.7 Å². The van der Waals surface area contributed by atoms with Gasteiger partial charge in [0.2, 0.25) is 23.6 Å². The highest BCUT2D eigenvalue weighted by molar-refractivity contribution is 8.14. The summed E-state index contributed by atoms with van der Waals surface area (Å²) in [6, 6.07) is 9.45. The van der Waals surface area contributed by atoms with Gasteiger partial charge in [-0.2, -0.15) is 0 Å². The first-order valence-electron chi connectivity index (χ1n) is 34.8. The zero-order valence-electron chi connectivity index (χ0n) is 58.6. The third-order valence-corrected chi connectivity index (χ3v) is 19.4. The molecule has 5 rings (SSSR count). The quantitative estimate of drug-likeness (QED) is 0.0205. The number of unbranched alkanes of at least 4 members (excludes halogenated alkanes) is 2. The number of phenolic OH excluding ortho intramolecular Hbond substituents is 1. The maximum absolute atomic E-state index is 15.3. The molecule has 1 fully saturated rings. The van der Waals surface area contributed by atoms with Gasteiger partial charge in [0.15, 0.2) is 11.6 Å². The number of aliphatic imine (C=N–C) groups is 1. The first-order chi connectivity index (χ1) is 46.3. The van der Waals surface area contributed by atoms with Crippen LogP contribution >= 0.6 is 11.8 Å². The van der Waals surface area contributed by atoms with Crippen molar-refractivity contribution in [3.8, 4) is 5.75 Å². The van der Waals surface area contributed by atoms with Crippen molar-refractivity contribution in [3.63, 3.8) is 0 Å². The normalized spacial score (nSPS) is 17.9. The summed E-state index contributed by atoms with van der Waals surface area (Å²) in [5, 5.41) is 21.9. The highest BCUT2D eigenvalue weighted by Crippen LogP contribution is 2.33. The lowest BCUT2D eigenvalue weighted by Crippen LogP contribution is -2.52. The van der Waals surface area contributed by atoms with Gasteiger partial charge in [-0.05, 0) is 124 Å². The monoisotopic (exact) mass is 1370 g/mol. The number of ether oxygens (including phenoxy) is 3. The van der Waals surface area contributed by atoms with E-state index in [1.807, 2.05) is 32.6 Å². The molecule has 0 bridgehead atoms. The zero-order valence-corrected chi connectivity index (χ0v) is 59.4. The van der Waals surface area contributed by atoms with Crippen LogP contribution < -0.4 is 27.0 Å². The van der Waals surface area contributed by atoms with Crippen LogP contribution in [0.4, 0.5) is 15.3 Å². The van der Waals surface area contributed by atoms with Crippen LogP contribution in [0.3, 0.4) is 0 Å². The summed E-state index contributed by atoms with van der Waals surface area (Å²) < 4.78 is 17.4. The Morgan fingerprint density at radius 3 is 2.13 bits per heavy atom. The molecule has 0 aromatic heterocycles. The third-order valence-electron chi connectivity index (χ3n) is 18.3. The molecule has 0 saturated carbocycles. The maximum atomic E-state index is 15.3. The molecule has 0 spiro atoms. The molecule has 24 nitrogen and oxygen atoms in total. The van der Waals surface area contributed by atoms with Crippen LogP contribution in [0.25, 0.3) is 0 Å². The Morgan fingerprint density at radius 1 is 0.814 bits per heavy atom. The Bertz CT molecular complexity index is 3010. The molecule has 1 saturated heterocycles. The summed E-state index contributed by atoms with van der Waals surface area (Å²) >= 11 is 1.46. The second-order valence-corrected chi connectivity index (χ2v) is 27.7. The number of nitrogens with two attached hydrogens (primary N) is 1. The van der Waals surface area contributed by atoms with Gasteiger partial charge in [0.25, 0.3) is 11.8 Å². The van der Waals surface area contributed by atoms with Gasteiger partial charge in [-0.15, -0.1) is 11.8 Å². The van der Waals surface area contributed by atoms with Gasteiger partial charge in [0.05, 0.1) is 30.2 Å². The lowest BCUT2D eigenvalue weighted by Gasteiger charge is -2.40. The van der Waals surface area contributed by atoms with E-state index >= 15 is 4.79 Å². The second kappa shape index (κ2) is 40.9. The number of urea groups is 1. The van der Waals surface area contributed by atoms with Gasteiger partial charge in [0.1, 0.15) is 24.5 Å². The van der Waals surface area contributed by atoms with Gasteiger partial charge >= 0.3 is 18.1 Å². The van der Waals surface area contributed by atoms with Crippen LogP contribution in [-0.4, -0.2) is 172 Å². The fourth-order valence-corrected chi connectivity index (χ4v) is 13.6. The number of phenols is 1. The molecule has 9 amide bonds. The van der Waals surface area contributed by atoms with Crippen molar-refractivity contribution in [1.82, 2.24) is 30.7 Å². The summed E-state index contributed by atoms with van der Waals surface area (Å²) in [6.07, 6.45) is 8.11. The Labute approximate surface area is 576 Å². The van der Waals surface area contributed by atoms with Gasteiger partial charge in [-0.25, -0.2) is 9.59 Å². The Morgan fingerprint density at radius 2 is 1.51 bits per heavy atom. The number of carbonyl (C=O) groups excluding carboxylic acids is 11. The van der Waals surface area contributed by atoms with Crippen molar-refractivity contribution in [3.05, 3.63) is 71.8 Å². The maximum Gasteiger partial charge on any atom is 0.410 e. The number of hydrogen-bond acceptors (Lipinski definition) is 17. The number of methoxy groups -OCH3 is 1. The molecular weight excluding hydrogens is 1260 g/mol. The van der Waals surface area contributed by atoms with Gasteiger partial charge in [-0.3, -0.25) is 57.9 Å². The molecular formula is C72H107N9O15S. The molecule has 7 N–H and O–H groups in total. The molecule has 3 heterocycles. The minimum absolute atomic E-state index is 0.0433. The number of nitrogens with zero attached hydrogens (tertiary/aromatic N) is 4. The lowest BCUT2D eigenvalue weighted by molar-refractivity contribution is -0.145. The van der Waals surface area contributed by atoms with E-state index < -0.39 is 66.1 Å². The number of amides is 9. The number of Topliss-reactive ketones (excluding diaryl/α,β-unsaturated/α-hetero) is 2. The smallest absolute Gasteiger partial charge is 0.410 e. The van der Waals surface area contributed by atoms with E-state index in [1.54, 1.807) is 69.3 Å². The van der Waals surface area contributed by atoms with Crippen LogP contribution in [0.1, 0.15) is 176 Å². The van der Waals surface area contributed by atoms with Crippen molar-refractivity contribution in [2.75, 3.05) is 51.0 Å². The minimum Gasteiger partial charge on any atom is -0.508 e. The lowest BCUT2D eigenvalue weighted by atomic mass is 9.82. The molecule has 0 radical (unpaired) electrons. The predicted molar refractivity (Wildman–Crippen MR) is 372 cm³/mol. The highest BCUT2D eigenvalue weighted by Gasteiger charge is 2.42. The Kier molecular flexibility index (Phi) is 33.7. The number of nitrogens with one attached hydrogen (secondary N) is 4. The summed E-state index contributed by atoms with van der Waals surface area (Å²) in [5.41, 5.74) is 7.15. The van der Waals surface area contributed by atoms with Crippen LogP contribution in [0.2, 0.25) is 0 Å². The number of thioether (sulfide) groups is 1. The Balaban J connectivity index is 1.22. The number of hydrogen-bond donors (Lipinski definition) is 6. The number of benzene rings is 2. The van der Waals surface area contributed by atoms with Crippen LogP contribution in [-0.2, 0) is 70.4 Å². The third kappa shape index (κ3) is 25.6. The van der Waals surface area contributed by atoms with E-state index in [9.17, 15) is 53.1 Å². The van der Waals surface area contributed by atoms with Crippen molar-refractivity contribution < 1.29 is 72.1 Å². The first kappa shape index (κ1) is 80.0. The van der Waals surface area contributed by atoms with Crippen LogP contribution in [0, 0.1) is 35.5 Å². The number of aromatic hydroxyl groups is 1. The molecule has 10 atom stereocenters. The van der Waals surface area contributed by atoms with Crippen molar-refractivity contribution in [2.45, 2.75) is 214 Å². The van der Waals surface area contributed by atoms with Crippen molar-refractivity contribution in [1.29, 1.82) is 0 Å². The molecule has 3 aliphatic rings. The average Bonchev–Trinajstić information content (AvgIpc) is 1.70. The topological polar surface area (TPSA) is 332 Å². The highest BCUT2D eigenvalue weighted by atomic mass is 32.2. The standard InChI is InChI=1S/C72H107N9O15S/c1-11-34-79(58(45(4)5)42-61(95-37-12-2)68-77-56(44-97-68)67(89)76-53(38-48(9)70(91)94-10)39-49-25-29-54(82)30-26-49)69(90)55(47(8)13-3)41-59(83)57-21-16-18-35-80(57)72(93)96-43-50-23-27-52(28-24-50)75-66(88)51(20-19-33-74-71(73)92)40-60(84)65(46(6)7)78-62(85)22-15-14-17-36-81-63(86)31-32-64(81)87/h23-32,45-48,51,53,55-58,61,65,82H,11-22,33-44H2,1-10H3,(H,75,88)(H,76,89)(H,78,85)(H3,73,74,92)/t47-,48-,51+,53+,55-,56?,57+,58+,61+,65-/m0/s1. The number of primary amides is 1. The van der Waals surface area contributed by atoms with Gasteiger partial charge in [-0.1, -0.05) is 99.4 Å². The first-order valence-corrected chi connectivity index (χ1v) is 35.8. The molecule has 97 heavy (non-hydrogen) atoms. The van der Waals surface area contributed by atoms with Crippen molar-refractivity contribution in [2.24, 2.45) is 46.2 Å². The SMILES string of the molecule is CCCO[C@H](C[C@H](C(C)C)N(CCC)C(=O)[C@@H](CC(=O)[C@H]1CCCCN1C(=O)OCc1ccc(NC(=O)[C@H](CCCNC(N)=O)CC(=O)[C@@H](NC(=O)CCCCCN2C(=O)C=CC2=O)C(C)C)cc1)[C@@H](C)CC)C1=NC(C(=O)N[C@@H](Cc2ccc(O)cc2)C[C@H](C)C(=O)OC)CS1. The number of ketones is 2. The summed E-state index contributed by atoms with van der Waals surface area (Å²) in [4.78, 5) is 156. The van der Waals surface area contributed by atoms with E-state index in [-0.39, 0.29) is 129 Å². The molecule has 1 unspecified atom stereocenters. The van der Waals surface area contributed by atoms with E-state index in [2.05, 4.69) is 35.1 Å². The number of rotatable bonds is 42. The van der Waals surface area contributed by atoms with Gasteiger partial charge < -0.3 is 51.2 Å². The largest absolute Gasteiger partial charge is 0.508 e. The summed E-state index contributed by atoms with van der Waals surface area (Å²) in [6.45, 7) is 18.9. The van der Waals surface area contributed by atoms with E-state index in [0.29, 0.717) is 112 Å². The van der Waals surface area contributed by atoms with Crippen LogP contribution in [0.5, 0.6) is 5.75 Å². The van der Waals surface area contributed by atoms with E-state index in [1.165, 1.54) is 35.9 Å². The number of piperidine rings is 1. The van der Waals surface area contributed by atoms with E-state index in [4.69, 9.17) is 24.9 Å². The number of likely N-dealkylation sites (tertiary alicyclic amines) is 1. The fraction of sp³-hybridized carbons (Fsp3) is 0.639. The Hall–Kier alpha value is -7.67. The molecule has 0 aliphatic carbocycles. The second-order valence-electron chi connectivity index (χ2n) is 26.6. The molecule has 2 aromatic carbocycles. The summed E-state index contributed by atoms with van der Waals surface area (Å²) in [5.74, 6) is -4.97. The zero-order chi connectivity index (χ0) is 71.3. The number of imide groups is 1. The average molecular weight is 1370 g/mol. The number of anilines is 1. The van der Waals surface area contributed by atoms with Crippen molar-refractivity contribution >= 4 is 87.6 Å². The molecule has 536 valence electrons. The predicted octanol–water partition coefficient (Wildman–Crippen LogP) is 8.98.